The van der Waals surface area contributed by atoms with E-state index in [1.165, 1.54) is 0 Å². The van der Waals surface area contributed by atoms with E-state index in [2.05, 4.69) is 23.9 Å². The smallest absolute Gasteiger partial charge is 0.242 e. The topological polar surface area (TPSA) is 58.2 Å². The summed E-state index contributed by atoms with van der Waals surface area (Å²) in [5, 5.41) is 3.31. The second-order valence-corrected chi connectivity index (χ2v) is 8.10. The quantitative estimate of drug-likeness (QED) is 0.774. The first kappa shape index (κ1) is 15.7. The van der Waals surface area contributed by atoms with E-state index in [9.17, 15) is 8.42 Å². The van der Waals surface area contributed by atoms with Crippen molar-refractivity contribution in [3.05, 3.63) is 24.3 Å². The second-order valence-electron chi connectivity index (χ2n) is 5.10. The molecule has 1 aliphatic carbocycles. The molecule has 112 valence electrons. The molecule has 0 saturated heterocycles. The molecule has 0 aromatic heterocycles. The van der Waals surface area contributed by atoms with Crippen molar-refractivity contribution in [3.63, 3.8) is 0 Å². The summed E-state index contributed by atoms with van der Waals surface area (Å²) in [6.45, 7) is 4.19. The van der Waals surface area contributed by atoms with Gasteiger partial charge in [-0.15, -0.1) is 0 Å². The van der Waals surface area contributed by atoms with Crippen molar-refractivity contribution in [1.29, 1.82) is 0 Å². The summed E-state index contributed by atoms with van der Waals surface area (Å²) in [6, 6.07) is 7.47. The minimum absolute atomic E-state index is 0.126. The number of benzene rings is 1. The van der Waals surface area contributed by atoms with Gasteiger partial charge in [-0.25, -0.2) is 13.1 Å². The molecule has 1 atom stereocenters. The number of anilines is 1. The number of sulfonamides is 1. The van der Waals surface area contributed by atoms with E-state index in [1.807, 2.05) is 23.9 Å². The molecule has 0 amide bonds. The lowest BCUT2D eigenvalue weighted by atomic mass is 10.3. The Bertz CT molecular complexity index is 542. The van der Waals surface area contributed by atoms with E-state index in [4.69, 9.17) is 0 Å². The van der Waals surface area contributed by atoms with Gasteiger partial charge in [0.15, 0.2) is 0 Å². The highest BCUT2D eigenvalue weighted by molar-refractivity contribution is 7.99. The van der Waals surface area contributed by atoms with Gasteiger partial charge in [-0.1, -0.05) is 19.1 Å². The molecule has 1 unspecified atom stereocenters. The average Bonchev–Trinajstić information content (AvgIpc) is 3.20. The Morgan fingerprint density at radius 3 is 2.70 bits per heavy atom. The van der Waals surface area contributed by atoms with Gasteiger partial charge >= 0.3 is 0 Å². The van der Waals surface area contributed by atoms with Crippen LogP contribution >= 0.6 is 11.8 Å². The zero-order valence-corrected chi connectivity index (χ0v) is 13.6. The lowest BCUT2D eigenvalue weighted by molar-refractivity contribution is 0.581. The van der Waals surface area contributed by atoms with E-state index in [0.29, 0.717) is 10.6 Å². The van der Waals surface area contributed by atoms with Crippen LogP contribution in [-0.4, -0.2) is 32.0 Å². The van der Waals surface area contributed by atoms with E-state index in [0.717, 1.165) is 24.3 Å². The van der Waals surface area contributed by atoms with Gasteiger partial charge in [-0.3, -0.25) is 0 Å². The summed E-state index contributed by atoms with van der Waals surface area (Å²) in [4.78, 5) is 0.347. The summed E-state index contributed by atoms with van der Waals surface area (Å²) < 4.78 is 27.4. The molecule has 0 radical (unpaired) electrons. The fraction of sp³-hybridized carbons (Fsp3) is 0.571. The zero-order chi connectivity index (χ0) is 14.6. The van der Waals surface area contributed by atoms with E-state index >= 15 is 0 Å². The maximum atomic E-state index is 12.3. The number of hydrogen-bond donors (Lipinski definition) is 2. The number of rotatable bonds is 8. The first-order valence-electron chi connectivity index (χ1n) is 6.98. The molecule has 1 aromatic carbocycles. The maximum Gasteiger partial charge on any atom is 0.242 e. The molecule has 1 fully saturated rings. The summed E-state index contributed by atoms with van der Waals surface area (Å²) in [5.74, 6) is 2.02. The third-order valence-corrected chi connectivity index (χ3v) is 5.77. The fourth-order valence-corrected chi connectivity index (χ4v) is 4.05. The van der Waals surface area contributed by atoms with Gasteiger partial charge in [0.25, 0.3) is 0 Å². The molecule has 20 heavy (non-hydrogen) atoms. The van der Waals surface area contributed by atoms with Crippen LogP contribution in [0.15, 0.2) is 29.2 Å². The monoisotopic (exact) mass is 314 g/mol. The van der Waals surface area contributed by atoms with Gasteiger partial charge in [-0.05, 0) is 37.7 Å². The third-order valence-electron chi connectivity index (χ3n) is 3.05. The molecular formula is C14H22N2O2S2. The SMILES string of the molecule is CCSCC(C)Nc1ccccc1S(=O)(=O)NC1CC1. The molecule has 0 heterocycles. The van der Waals surface area contributed by atoms with E-state index in [1.54, 1.807) is 12.1 Å². The van der Waals surface area contributed by atoms with Crippen LogP contribution < -0.4 is 10.0 Å². The van der Waals surface area contributed by atoms with E-state index < -0.39 is 10.0 Å². The molecule has 1 aliphatic rings. The van der Waals surface area contributed by atoms with Crippen LogP contribution in [0.3, 0.4) is 0 Å². The van der Waals surface area contributed by atoms with Crippen molar-refractivity contribution in [2.75, 3.05) is 16.8 Å². The number of nitrogens with one attached hydrogen (secondary N) is 2. The summed E-state index contributed by atoms with van der Waals surface area (Å²) in [6.07, 6.45) is 1.89. The predicted octanol–water partition coefficient (Wildman–Crippen LogP) is 2.68. The van der Waals surface area contributed by atoms with Crippen LogP contribution in [0, 0.1) is 0 Å². The van der Waals surface area contributed by atoms with E-state index in [-0.39, 0.29) is 12.1 Å². The highest BCUT2D eigenvalue weighted by Gasteiger charge is 2.29. The third kappa shape index (κ3) is 4.40. The highest BCUT2D eigenvalue weighted by Crippen LogP contribution is 2.26. The summed E-state index contributed by atoms with van der Waals surface area (Å²) in [7, 11) is -3.41. The fourth-order valence-electron chi connectivity index (χ4n) is 1.91. The Kier molecular flexibility index (Phi) is 5.35. The maximum absolute atomic E-state index is 12.3. The highest BCUT2D eigenvalue weighted by atomic mass is 32.2. The lowest BCUT2D eigenvalue weighted by Crippen LogP contribution is -2.27. The van der Waals surface area contributed by atoms with Crippen LogP contribution in [0.2, 0.25) is 0 Å². The van der Waals surface area contributed by atoms with Gasteiger partial charge in [0.05, 0.1) is 5.69 Å². The van der Waals surface area contributed by atoms with Crippen LogP contribution in [0.5, 0.6) is 0 Å². The number of thioether (sulfide) groups is 1. The van der Waals surface area contributed by atoms with Crippen molar-refractivity contribution < 1.29 is 8.42 Å². The molecule has 2 N–H and O–H groups in total. The van der Waals surface area contributed by atoms with Crippen molar-refractivity contribution in [2.24, 2.45) is 0 Å². The van der Waals surface area contributed by atoms with Gasteiger partial charge in [0, 0.05) is 17.8 Å². The minimum atomic E-state index is -3.41. The second kappa shape index (κ2) is 6.83. The molecule has 0 aliphatic heterocycles. The minimum Gasteiger partial charge on any atom is -0.381 e. The first-order chi connectivity index (χ1) is 9.53. The Hall–Kier alpha value is -0.720. The first-order valence-corrected chi connectivity index (χ1v) is 9.62. The van der Waals surface area contributed by atoms with Crippen molar-refractivity contribution >= 4 is 27.5 Å². The largest absolute Gasteiger partial charge is 0.381 e. The Morgan fingerprint density at radius 2 is 2.05 bits per heavy atom. The van der Waals surface area contributed by atoms with Crippen LogP contribution in [0.1, 0.15) is 26.7 Å². The van der Waals surface area contributed by atoms with Crippen molar-refractivity contribution in [2.45, 2.75) is 43.7 Å². The molecule has 1 saturated carbocycles. The summed E-state index contributed by atoms with van der Waals surface area (Å²) in [5.41, 5.74) is 0.685. The molecular weight excluding hydrogens is 292 g/mol. The molecule has 0 spiro atoms. The van der Waals surface area contributed by atoms with Crippen molar-refractivity contribution in [3.8, 4) is 0 Å². The molecule has 4 nitrogen and oxygen atoms in total. The summed E-state index contributed by atoms with van der Waals surface area (Å²) >= 11 is 1.84. The van der Waals surface area contributed by atoms with Crippen molar-refractivity contribution in [1.82, 2.24) is 4.72 Å². The van der Waals surface area contributed by atoms with Gasteiger partial charge in [0.2, 0.25) is 10.0 Å². The standard InChI is InChI=1S/C14H22N2O2S2/c1-3-19-10-11(2)15-13-6-4-5-7-14(13)20(17,18)16-12-8-9-12/h4-7,11-12,15-16H,3,8-10H2,1-2H3. The van der Waals surface area contributed by atoms with Crippen LogP contribution in [0.25, 0.3) is 0 Å². The number of para-hydroxylation sites is 1. The van der Waals surface area contributed by atoms with Gasteiger partial charge in [0.1, 0.15) is 4.90 Å². The zero-order valence-electron chi connectivity index (χ0n) is 11.9. The predicted molar refractivity (Wildman–Crippen MR) is 85.9 cm³/mol. The molecule has 1 aromatic rings. The Morgan fingerprint density at radius 1 is 1.35 bits per heavy atom. The average molecular weight is 314 g/mol. The molecule has 2 rings (SSSR count). The normalized spacial score (nSPS) is 16.9. The molecule has 6 heteroatoms. The van der Waals surface area contributed by atoms with Gasteiger partial charge < -0.3 is 5.32 Å². The van der Waals surface area contributed by atoms with Gasteiger partial charge in [-0.2, -0.15) is 11.8 Å². The Labute approximate surface area is 125 Å². The lowest BCUT2D eigenvalue weighted by Gasteiger charge is -2.18. The molecule has 0 bridgehead atoms. The van der Waals surface area contributed by atoms with Crippen LogP contribution in [0.4, 0.5) is 5.69 Å². The number of hydrogen-bond acceptors (Lipinski definition) is 4. The Balaban J connectivity index is 2.12. The van der Waals surface area contributed by atoms with Crippen LogP contribution in [-0.2, 0) is 10.0 Å².